The lowest BCUT2D eigenvalue weighted by Crippen LogP contribution is -2.34. The summed E-state index contributed by atoms with van der Waals surface area (Å²) < 4.78 is 0. The topological polar surface area (TPSA) is 20.3 Å². The van der Waals surface area contributed by atoms with Crippen LogP contribution in [0.25, 0.3) is 0 Å². The van der Waals surface area contributed by atoms with Gasteiger partial charge in [-0.15, -0.1) is 6.58 Å². The molecule has 0 heterocycles. The molecule has 118 valence electrons. The Bertz CT molecular complexity index is 671. The molecule has 0 fully saturated rings. The molecule has 2 nitrogen and oxygen atoms in total. The summed E-state index contributed by atoms with van der Waals surface area (Å²) in [6.45, 7) is 8.34. The fourth-order valence-corrected chi connectivity index (χ4v) is 2.55. The predicted octanol–water partition coefficient (Wildman–Crippen LogP) is 4.94. The molecule has 0 aliphatic carbocycles. The molecule has 0 saturated heterocycles. The lowest BCUT2D eigenvalue weighted by molar-refractivity contribution is 0.0734. The van der Waals surface area contributed by atoms with Gasteiger partial charge in [0.25, 0.3) is 5.91 Å². The van der Waals surface area contributed by atoms with E-state index in [1.165, 1.54) is 5.56 Å². The molecular formula is C21H23NO. The molecule has 0 N–H and O–H groups in total. The fourth-order valence-electron chi connectivity index (χ4n) is 2.55. The highest BCUT2D eigenvalue weighted by Gasteiger charge is 2.23. The van der Waals surface area contributed by atoms with Gasteiger partial charge in [-0.3, -0.25) is 4.79 Å². The third-order valence-electron chi connectivity index (χ3n) is 3.74. The van der Waals surface area contributed by atoms with Crippen molar-refractivity contribution in [1.29, 1.82) is 0 Å². The van der Waals surface area contributed by atoms with E-state index in [4.69, 9.17) is 0 Å². The second kappa shape index (κ2) is 8.14. The molecule has 2 aromatic rings. The highest BCUT2D eigenvalue weighted by atomic mass is 16.2. The van der Waals surface area contributed by atoms with Gasteiger partial charge in [-0.25, -0.2) is 0 Å². The first-order valence-corrected chi connectivity index (χ1v) is 7.83. The standard InChI is InChI=1S/C21H23NO/c1-4-9-20(18-14-12-17(3)13-15-18)22(16-5-2)21(23)19-10-7-6-8-11-19/h4-15,20H,2,16H2,1,3H3/b9-4+/t20-/m0/s1. The molecule has 2 rings (SSSR count). The van der Waals surface area contributed by atoms with Crippen molar-refractivity contribution >= 4 is 5.91 Å². The highest BCUT2D eigenvalue weighted by molar-refractivity contribution is 5.94. The van der Waals surface area contributed by atoms with Gasteiger partial charge in [0.2, 0.25) is 0 Å². The smallest absolute Gasteiger partial charge is 0.254 e. The minimum absolute atomic E-state index is 0.00850. The van der Waals surface area contributed by atoms with Gasteiger partial charge in [0.05, 0.1) is 6.04 Å². The first-order chi connectivity index (χ1) is 11.2. The molecule has 0 bridgehead atoms. The highest BCUT2D eigenvalue weighted by Crippen LogP contribution is 2.25. The Kier molecular flexibility index (Phi) is 5.93. The van der Waals surface area contributed by atoms with Crippen LogP contribution < -0.4 is 0 Å². The van der Waals surface area contributed by atoms with Crippen LogP contribution in [0.4, 0.5) is 0 Å². The number of rotatable bonds is 6. The Morgan fingerprint density at radius 1 is 1.13 bits per heavy atom. The predicted molar refractivity (Wildman–Crippen MR) is 96.4 cm³/mol. The van der Waals surface area contributed by atoms with Crippen molar-refractivity contribution in [3.05, 3.63) is 96.1 Å². The van der Waals surface area contributed by atoms with E-state index in [1.54, 1.807) is 6.08 Å². The van der Waals surface area contributed by atoms with Gasteiger partial charge in [0.1, 0.15) is 0 Å². The van der Waals surface area contributed by atoms with E-state index < -0.39 is 0 Å². The lowest BCUT2D eigenvalue weighted by atomic mass is 10.0. The van der Waals surface area contributed by atoms with Crippen LogP contribution in [0.5, 0.6) is 0 Å². The molecular weight excluding hydrogens is 282 g/mol. The summed E-state index contributed by atoms with van der Waals surface area (Å²) in [4.78, 5) is 14.8. The van der Waals surface area contributed by atoms with Crippen molar-refractivity contribution in [2.24, 2.45) is 0 Å². The van der Waals surface area contributed by atoms with E-state index in [1.807, 2.05) is 48.2 Å². The van der Waals surface area contributed by atoms with Gasteiger partial charge in [-0.05, 0) is 31.5 Å². The van der Waals surface area contributed by atoms with Crippen molar-refractivity contribution in [3.63, 3.8) is 0 Å². The van der Waals surface area contributed by atoms with Crippen molar-refractivity contribution in [2.45, 2.75) is 19.9 Å². The van der Waals surface area contributed by atoms with Crippen LogP contribution >= 0.6 is 0 Å². The van der Waals surface area contributed by atoms with Gasteiger partial charge in [-0.2, -0.15) is 0 Å². The van der Waals surface area contributed by atoms with Crippen molar-refractivity contribution < 1.29 is 4.79 Å². The van der Waals surface area contributed by atoms with E-state index in [9.17, 15) is 4.79 Å². The minimum Gasteiger partial charge on any atom is -0.324 e. The molecule has 1 atom stereocenters. The number of hydrogen-bond acceptors (Lipinski definition) is 1. The number of aryl methyl sites for hydroxylation is 1. The molecule has 0 aliphatic heterocycles. The molecule has 0 aromatic heterocycles. The van der Waals surface area contributed by atoms with Crippen LogP contribution in [0.15, 0.2) is 79.4 Å². The summed E-state index contributed by atoms with van der Waals surface area (Å²) >= 11 is 0. The van der Waals surface area contributed by atoms with Gasteiger partial charge >= 0.3 is 0 Å². The minimum atomic E-state index is -0.105. The SMILES string of the molecule is C=CCN(C(=O)c1ccccc1)[C@@H](/C=C/C)c1ccc(C)cc1. The zero-order chi connectivity index (χ0) is 16.7. The first-order valence-electron chi connectivity index (χ1n) is 7.83. The number of benzene rings is 2. The molecule has 0 unspecified atom stereocenters. The summed E-state index contributed by atoms with van der Waals surface area (Å²) in [5, 5.41) is 0. The maximum absolute atomic E-state index is 12.9. The zero-order valence-corrected chi connectivity index (χ0v) is 13.8. The van der Waals surface area contributed by atoms with Crippen LogP contribution in [0.3, 0.4) is 0 Å². The van der Waals surface area contributed by atoms with Crippen LogP contribution in [0.1, 0.15) is 34.5 Å². The number of carbonyl (C=O) groups is 1. The largest absolute Gasteiger partial charge is 0.324 e. The summed E-state index contributed by atoms with van der Waals surface area (Å²) in [6.07, 6.45) is 5.80. The van der Waals surface area contributed by atoms with Crippen LogP contribution in [0.2, 0.25) is 0 Å². The van der Waals surface area contributed by atoms with Crippen molar-refractivity contribution in [1.82, 2.24) is 4.90 Å². The molecule has 0 radical (unpaired) electrons. The Morgan fingerprint density at radius 3 is 2.35 bits per heavy atom. The normalized spacial score (nSPS) is 12.1. The van der Waals surface area contributed by atoms with Crippen LogP contribution in [0, 0.1) is 6.92 Å². The zero-order valence-electron chi connectivity index (χ0n) is 13.8. The Labute approximate surface area is 138 Å². The van der Waals surface area contributed by atoms with E-state index in [-0.39, 0.29) is 11.9 Å². The third kappa shape index (κ3) is 4.19. The number of amides is 1. The number of nitrogens with zero attached hydrogens (tertiary/aromatic N) is 1. The lowest BCUT2D eigenvalue weighted by Gasteiger charge is -2.29. The van der Waals surface area contributed by atoms with Crippen LogP contribution in [-0.2, 0) is 0 Å². The average molecular weight is 305 g/mol. The summed E-state index contributed by atoms with van der Waals surface area (Å²) in [5.74, 6) is 0.00850. The summed E-state index contributed by atoms with van der Waals surface area (Å²) in [5.41, 5.74) is 2.99. The number of allylic oxidation sites excluding steroid dienone is 1. The molecule has 0 saturated carbocycles. The molecule has 0 aliphatic rings. The fraction of sp³-hybridized carbons (Fsp3) is 0.190. The van der Waals surface area contributed by atoms with E-state index in [2.05, 4.69) is 43.8 Å². The molecule has 2 aromatic carbocycles. The van der Waals surface area contributed by atoms with E-state index in [0.717, 1.165) is 5.56 Å². The van der Waals surface area contributed by atoms with Gasteiger partial charge in [-0.1, -0.05) is 66.3 Å². The number of carbonyl (C=O) groups excluding carboxylic acids is 1. The molecule has 0 spiro atoms. The third-order valence-corrected chi connectivity index (χ3v) is 3.74. The first kappa shape index (κ1) is 16.8. The van der Waals surface area contributed by atoms with E-state index >= 15 is 0 Å². The van der Waals surface area contributed by atoms with E-state index in [0.29, 0.717) is 12.1 Å². The van der Waals surface area contributed by atoms with Crippen molar-refractivity contribution in [2.75, 3.05) is 6.54 Å². The summed E-state index contributed by atoms with van der Waals surface area (Å²) in [7, 11) is 0. The summed E-state index contributed by atoms with van der Waals surface area (Å²) in [6, 6.07) is 17.6. The quantitative estimate of drug-likeness (QED) is 0.692. The maximum Gasteiger partial charge on any atom is 0.254 e. The molecule has 2 heteroatoms. The van der Waals surface area contributed by atoms with Gasteiger partial charge < -0.3 is 4.90 Å². The monoisotopic (exact) mass is 305 g/mol. The Balaban J connectivity index is 2.40. The van der Waals surface area contributed by atoms with Gasteiger partial charge in [0, 0.05) is 12.1 Å². The second-order valence-corrected chi connectivity index (χ2v) is 5.49. The molecule has 1 amide bonds. The average Bonchev–Trinajstić information content (AvgIpc) is 2.59. The molecule has 23 heavy (non-hydrogen) atoms. The van der Waals surface area contributed by atoms with Gasteiger partial charge in [0.15, 0.2) is 0 Å². The second-order valence-electron chi connectivity index (χ2n) is 5.49. The van der Waals surface area contributed by atoms with Crippen LogP contribution in [-0.4, -0.2) is 17.4 Å². The Hall–Kier alpha value is -2.61. The maximum atomic E-state index is 12.9. The number of hydrogen-bond donors (Lipinski definition) is 0. The Morgan fingerprint density at radius 2 is 1.78 bits per heavy atom. The van der Waals surface area contributed by atoms with Crippen molar-refractivity contribution in [3.8, 4) is 0 Å².